The van der Waals surface area contributed by atoms with Crippen molar-refractivity contribution < 1.29 is 27.2 Å². The SMILES string of the molecule is Cc1nc(COc2ccccc2C(=O)NCc2nnc3ccc(C(F)(F)F)cn23)no1. The molecule has 1 N–H and O–H groups in total. The predicted molar refractivity (Wildman–Crippen MR) is 99.0 cm³/mol. The lowest BCUT2D eigenvalue weighted by Gasteiger charge is -2.11. The number of rotatable bonds is 6. The van der Waals surface area contributed by atoms with Gasteiger partial charge in [-0.1, -0.05) is 17.3 Å². The van der Waals surface area contributed by atoms with E-state index in [1.54, 1.807) is 31.2 Å². The molecule has 0 atom stereocenters. The van der Waals surface area contributed by atoms with Gasteiger partial charge in [0.25, 0.3) is 5.91 Å². The van der Waals surface area contributed by atoms with Crippen LogP contribution in [0.2, 0.25) is 0 Å². The molecule has 0 saturated carbocycles. The number of carbonyl (C=O) groups is 1. The predicted octanol–water partition coefficient (Wildman–Crippen LogP) is 2.95. The first-order valence-electron chi connectivity index (χ1n) is 9.01. The van der Waals surface area contributed by atoms with Gasteiger partial charge in [-0.05, 0) is 24.3 Å². The molecule has 0 saturated heterocycles. The van der Waals surface area contributed by atoms with E-state index in [0.717, 1.165) is 12.3 Å². The van der Waals surface area contributed by atoms with Gasteiger partial charge in [-0.2, -0.15) is 18.2 Å². The van der Waals surface area contributed by atoms with Gasteiger partial charge in [-0.3, -0.25) is 9.20 Å². The van der Waals surface area contributed by atoms with Gasteiger partial charge < -0.3 is 14.6 Å². The molecule has 0 unspecified atom stereocenters. The number of para-hydroxylation sites is 1. The van der Waals surface area contributed by atoms with Crippen molar-refractivity contribution in [1.82, 2.24) is 30.1 Å². The third-order valence-corrected chi connectivity index (χ3v) is 4.27. The van der Waals surface area contributed by atoms with Gasteiger partial charge in [0.1, 0.15) is 5.75 Å². The van der Waals surface area contributed by atoms with Gasteiger partial charge in [0.05, 0.1) is 17.7 Å². The molecule has 31 heavy (non-hydrogen) atoms. The van der Waals surface area contributed by atoms with Crippen LogP contribution < -0.4 is 10.1 Å². The second kappa shape index (κ2) is 8.05. The molecule has 1 amide bonds. The number of fused-ring (bicyclic) bond motifs is 1. The number of aryl methyl sites for hydroxylation is 1. The number of hydrogen-bond acceptors (Lipinski definition) is 7. The van der Waals surface area contributed by atoms with Crippen LogP contribution in [0.15, 0.2) is 47.1 Å². The maximum Gasteiger partial charge on any atom is 0.417 e. The van der Waals surface area contributed by atoms with Crippen molar-refractivity contribution in [3.8, 4) is 5.75 Å². The van der Waals surface area contributed by atoms with E-state index < -0.39 is 17.6 Å². The number of nitrogens with one attached hydrogen (secondary N) is 1. The molecule has 3 aromatic heterocycles. The Kier molecular flexibility index (Phi) is 5.28. The molecule has 0 spiro atoms. The normalized spacial score (nSPS) is 11.6. The third kappa shape index (κ3) is 4.47. The molecule has 1 aromatic carbocycles. The van der Waals surface area contributed by atoms with Gasteiger partial charge in [0.2, 0.25) is 11.7 Å². The van der Waals surface area contributed by atoms with E-state index in [4.69, 9.17) is 9.26 Å². The molecular weight excluding hydrogens is 417 g/mol. The summed E-state index contributed by atoms with van der Waals surface area (Å²) in [4.78, 5) is 16.7. The summed E-state index contributed by atoms with van der Waals surface area (Å²) in [6.07, 6.45) is -3.62. The maximum absolute atomic E-state index is 13.0. The summed E-state index contributed by atoms with van der Waals surface area (Å²) < 4.78 is 50.6. The Bertz CT molecular complexity index is 1230. The van der Waals surface area contributed by atoms with E-state index in [2.05, 4.69) is 25.7 Å². The van der Waals surface area contributed by atoms with Crippen LogP contribution >= 0.6 is 0 Å². The minimum atomic E-state index is -4.51. The highest BCUT2D eigenvalue weighted by atomic mass is 19.4. The first-order valence-corrected chi connectivity index (χ1v) is 9.01. The molecule has 12 heteroatoms. The fourth-order valence-corrected chi connectivity index (χ4v) is 2.80. The molecular formula is C19H15F3N6O3. The number of pyridine rings is 1. The average Bonchev–Trinajstić information content (AvgIpc) is 3.35. The Morgan fingerprint density at radius 1 is 1.19 bits per heavy atom. The first kappa shape index (κ1) is 20.3. The second-order valence-electron chi connectivity index (χ2n) is 6.46. The number of benzene rings is 1. The van der Waals surface area contributed by atoms with Crippen LogP contribution in [0.25, 0.3) is 5.65 Å². The lowest BCUT2D eigenvalue weighted by molar-refractivity contribution is -0.137. The van der Waals surface area contributed by atoms with E-state index in [-0.39, 0.29) is 35.9 Å². The molecule has 9 nitrogen and oxygen atoms in total. The number of halogens is 3. The molecule has 0 fully saturated rings. The molecule has 0 bridgehead atoms. The van der Waals surface area contributed by atoms with Crippen molar-refractivity contribution in [1.29, 1.82) is 0 Å². The molecule has 0 aliphatic carbocycles. The molecule has 4 aromatic rings. The summed E-state index contributed by atoms with van der Waals surface area (Å²) in [5.74, 6) is 0.647. The van der Waals surface area contributed by atoms with E-state index in [9.17, 15) is 18.0 Å². The van der Waals surface area contributed by atoms with E-state index in [1.165, 1.54) is 10.5 Å². The summed E-state index contributed by atoms with van der Waals surface area (Å²) in [5, 5.41) is 14.0. The number of aromatic nitrogens is 5. The number of ether oxygens (including phenoxy) is 1. The topological polar surface area (TPSA) is 107 Å². The van der Waals surface area contributed by atoms with Crippen LogP contribution in [0.3, 0.4) is 0 Å². The molecule has 4 rings (SSSR count). The summed E-state index contributed by atoms with van der Waals surface area (Å²) >= 11 is 0. The van der Waals surface area contributed by atoms with Gasteiger partial charge in [0, 0.05) is 13.1 Å². The molecule has 0 radical (unpaired) electrons. The van der Waals surface area contributed by atoms with Crippen LogP contribution in [0.4, 0.5) is 13.2 Å². The quantitative estimate of drug-likeness (QED) is 0.499. The van der Waals surface area contributed by atoms with Crippen LogP contribution in [-0.4, -0.2) is 30.6 Å². The van der Waals surface area contributed by atoms with Crippen molar-refractivity contribution in [2.24, 2.45) is 0 Å². The van der Waals surface area contributed by atoms with Crippen molar-refractivity contribution in [3.63, 3.8) is 0 Å². The van der Waals surface area contributed by atoms with E-state index in [1.807, 2.05) is 0 Å². The average molecular weight is 432 g/mol. The van der Waals surface area contributed by atoms with Gasteiger partial charge in [-0.15, -0.1) is 10.2 Å². The summed E-state index contributed by atoms with van der Waals surface area (Å²) in [5.41, 5.74) is -0.383. The highest BCUT2D eigenvalue weighted by molar-refractivity contribution is 5.96. The Morgan fingerprint density at radius 3 is 2.74 bits per heavy atom. The third-order valence-electron chi connectivity index (χ3n) is 4.27. The highest BCUT2D eigenvalue weighted by Gasteiger charge is 2.31. The first-order chi connectivity index (χ1) is 14.8. The van der Waals surface area contributed by atoms with Crippen LogP contribution in [0.1, 0.15) is 33.5 Å². The summed E-state index contributed by atoms with van der Waals surface area (Å²) in [6, 6.07) is 8.63. The standard InChI is InChI=1S/C19H15F3N6O3/c1-11-24-15(27-31-11)10-30-14-5-3-2-4-13(14)18(29)23-8-17-26-25-16-7-6-12(9-28(16)17)19(20,21)22/h2-7,9H,8,10H2,1H3,(H,23,29). The monoisotopic (exact) mass is 432 g/mol. The van der Waals surface area contributed by atoms with E-state index in [0.29, 0.717) is 11.7 Å². The van der Waals surface area contributed by atoms with Crippen LogP contribution in [0.5, 0.6) is 5.75 Å². The largest absolute Gasteiger partial charge is 0.485 e. The van der Waals surface area contributed by atoms with Gasteiger partial charge in [0.15, 0.2) is 18.1 Å². The van der Waals surface area contributed by atoms with Crippen molar-refractivity contribution in [2.75, 3.05) is 0 Å². The van der Waals surface area contributed by atoms with Crippen molar-refractivity contribution in [3.05, 3.63) is 71.3 Å². The Hall–Kier alpha value is -3.96. The molecule has 0 aliphatic rings. The number of hydrogen-bond donors (Lipinski definition) is 1. The smallest absolute Gasteiger partial charge is 0.417 e. The maximum atomic E-state index is 13.0. The number of carbonyl (C=O) groups excluding carboxylic acids is 1. The zero-order chi connectivity index (χ0) is 22.0. The Balaban J connectivity index is 1.48. The van der Waals surface area contributed by atoms with Gasteiger partial charge in [-0.25, -0.2) is 0 Å². The lowest BCUT2D eigenvalue weighted by atomic mass is 10.2. The fourth-order valence-electron chi connectivity index (χ4n) is 2.80. The number of nitrogens with zero attached hydrogens (tertiary/aromatic N) is 5. The minimum Gasteiger partial charge on any atom is -0.485 e. The summed E-state index contributed by atoms with van der Waals surface area (Å²) in [7, 11) is 0. The fraction of sp³-hybridized carbons (Fsp3) is 0.211. The lowest BCUT2D eigenvalue weighted by Crippen LogP contribution is -2.24. The van der Waals surface area contributed by atoms with Crippen LogP contribution in [-0.2, 0) is 19.3 Å². The molecule has 0 aliphatic heterocycles. The molecule has 3 heterocycles. The molecule has 160 valence electrons. The number of alkyl halides is 3. The minimum absolute atomic E-state index is 0.00331. The zero-order valence-corrected chi connectivity index (χ0v) is 16.1. The highest BCUT2D eigenvalue weighted by Crippen LogP contribution is 2.29. The Morgan fingerprint density at radius 2 is 2.00 bits per heavy atom. The van der Waals surface area contributed by atoms with Crippen molar-refractivity contribution in [2.45, 2.75) is 26.3 Å². The second-order valence-corrected chi connectivity index (χ2v) is 6.46. The van der Waals surface area contributed by atoms with E-state index >= 15 is 0 Å². The zero-order valence-electron chi connectivity index (χ0n) is 16.1. The Labute approximate surface area is 172 Å². The van der Waals surface area contributed by atoms with Crippen molar-refractivity contribution >= 4 is 11.6 Å². The summed E-state index contributed by atoms with van der Waals surface area (Å²) in [6.45, 7) is 1.50. The van der Waals surface area contributed by atoms with Crippen LogP contribution in [0, 0.1) is 6.92 Å². The number of amides is 1. The van der Waals surface area contributed by atoms with Gasteiger partial charge >= 0.3 is 6.18 Å².